The van der Waals surface area contributed by atoms with Crippen LogP contribution < -0.4 is 9.80 Å². The highest BCUT2D eigenvalue weighted by Gasteiger charge is 2.31. The van der Waals surface area contributed by atoms with E-state index in [1.165, 1.54) is 16.8 Å². The molecule has 0 amide bonds. The molecule has 0 aliphatic carbocycles. The lowest BCUT2D eigenvalue weighted by atomic mass is 10.0. The predicted octanol–water partition coefficient (Wildman–Crippen LogP) is 4.92. The number of piperazine rings is 1. The number of nitriles is 1. The summed E-state index contributed by atoms with van der Waals surface area (Å²) in [6, 6.07) is 25.5. The number of carbonyl (C=O) groups is 1. The number of hydrogen-bond acceptors (Lipinski definition) is 7. The van der Waals surface area contributed by atoms with E-state index in [2.05, 4.69) is 47.9 Å². The summed E-state index contributed by atoms with van der Waals surface area (Å²) in [4.78, 5) is 27.2. The van der Waals surface area contributed by atoms with Gasteiger partial charge in [0.2, 0.25) is 0 Å². The number of fused-ring (bicyclic) bond motifs is 1. The molecule has 2 heterocycles. The van der Waals surface area contributed by atoms with E-state index in [1.54, 1.807) is 0 Å². The summed E-state index contributed by atoms with van der Waals surface area (Å²) in [6.07, 6.45) is 0. The molecule has 1 fully saturated rings. The van der Waals surface area contributed by atoms with Gasteiger partial charge < -0.3 is 14.5 Å². The molecule has 1 aliphatic heterocycles. The Morgan fingerprint density at radius 2 is 1.54 bits per heavy atom. The number of aryl methyl sites for hydroxylation is 1. The third-order valence-electron chi connectivity index (χ3n) is 6.94. The molecule has 0 radical (unpaired) electrons. The number of aromatic nitrogens is 2. The largest absolute Gasteiger partial charge is 0.460 e. The minimum Gasteiger partial charge on any atom is -0.460 e. The van der Waals surface area contributed by atoms with Gasteiger partial charge in [0.15, 0.2) is 11.7 Å². The van der Waals surface area contributed by atoms with E-state index >= 15 is 0 Å². The van der Waals surface area contributed by atoms with Crippen molar-refractivity contribution in [2.24, 2.45) is 0 Å². The van der Waals surface area contributed by atoms with Crippen LogP contribution >= 0.6 is 0 Å². The number of para-hydroxylation sites is 2. The van der Waals surface area contributed by atoms with Crippen molar-refractivity contribution < 1.29 is 9.53 Å². The smallest absolute Gasteiger partial charge is 0.330 e. The minimum atomic E-state index is -1.17. The van der Waals surface area contributed by atoms with Gasteiger partial charge in [-0.1, -0.05) is 54.6 Å². The Labute approximate surface area is 216 Å². The van der Waals surface area contributed by atoms with Gasteiger partial charge in [-0.3, -0.25) is 4.79 Å². The molecule has 4 aromatic rings. The number of anilines is 2. The van der Waals surface area contributed by atoms with Crippen molar-refractivity contribution in [1.82, 2.24) is 9.97 Å². The minimum absolute atomic E-state index is 0.0999. The first-order valence-corrected chi connectivity index (χ1v) is 12.5. The average molecular weight is 492 g/mol. The average Bonchev–Trinajstić information content (AvgIpc) is 2.94. The zero-order chi connectivity index (χ0) is 25.8. The Morgan fingerprint density at radius 1 is 0.892 bits per heavy atom. The third-order valence-corrected chi connectivity index (χ3v) is 6.94. The van der Waals surface area contributed by atoms with E-state index in [4.69, 9.17) is 14.7 Å². The normalized spacial score (nSPS) is 14.3. The van der Waals surface area contributed by atoms with Crippen LogP contribution in [0.5, 0.6) is 0 Å². The van der Waals surface area contributed by atoms with Crippen molar-refractivity contribution in [3.05, 3.63) is 95.2 Å². The Balaban J connectivity index is 1.42. The lowest BCUT2D eigenvalue weighted by molar-refractivity contribution is -0.145. The van der Waals surface area contributed by atoms with Crippen molar-refractivity contribution in [3.63, 3.8) is 0 Å². The highest BCUT2D eigenvalue weighted by atomic mass is 16.5. The highest BCUT2D eigenvalue weighted by molar-refractivity contribution is 5.85. The predicted molar refractivity (Wildman–Crippen MR) is 144 cm³/mol. The van der Waals surface area contributed by atoms with Crippen molar-refractivity contribution in [3.8, 4) is 6.07 Å². The molecular weight excluding hydrogens is 462 g/mol. The molecule has 1 aromatic heterocycles. The van der Waals surface area contributed by atoms with Crippen LogP contribution in [0.3, 0.4) is 0 Å². The lowest BCUT2D eigenvalue weighted by Gasteiger charge is -2.38. The molecule has 1 saturated heterocycles. The number of nitrogens with zero attached hydrogens (tertiary/aromatic N) is 5. The molecule has 186 valence electrons. The Morgan fingerprint density at radius 3 is 2.24 bits per heavy atom. The summed E-state index contributed by atoms with van der Waals surface area (Å²) < 4.78 is 5.53. The second-order valence-electron chi connectivity index (χ2n) is 9.27. The molecule has 0 spiro atoms. The number of carbonyl (C=O) groups excluding carboxylic acids is 1. The number of benzene rings is 3. The number of esters is 1. The molecule has 0 saturated carbocycles. The first kappa shape index (κ1) is 24.3. The van der Waals surface area contributed by atoms with E-state index in [9.17, 15) is 10.1 Å². The Bertz CT molecular complexity index is 1460. The summed E-state index contributed by atoms with van der Waals surface area (Å²) in [6.45, 7) is 7.38. The number of ether oxygens (including phenoxy) is 1. The van der Waals surface area contributed by atoms with Gasteiger partial charge in [0.25, 0.3) is 0 Å². The van der Waals surface area contributed by atoms with Gasteiger partial charge in [0.1, 0.15) is 12.3 Å². The van der Waals surface area contributed by atoms with E-state index < -0.39 is 11.9 Å². The van der Waals surface area contributed by atoms with Gasteiger partial charge in [0.05, 0.1) is 17.1 Å². The van der Waals surface area contributed by atoms with Crippen molar-refractivity contribution >= 4 is 28.5 Å². The number of rotatable bonds is 6. The van der Waals surface area contributed by atoms with E-state index in [0.717, 1.165) is 24.2 Å². The van der Waals surface area contributed by atoms with Gasteiger partial charge in [-0.25, -0.2) is 9.97 Å². The first-order valence-electron chi connectivity index (χ1n) is 12.5. The fraction of sp³-hybridized carbons (Fsp3) is 0.267. The third kappa shape index (κ3) is 5.10. The Kier molecular flexibility index (Phi) is 7.00. The molecule has 37 heavy (non-hydrogen) atoms. The molecular formula is C30H29N5O2. The zero-order valence-electron chi connectivity index (χ0n) is 21.1. The molecule has 1 aliphatic rings. The monoisotopic (exact) mass is 491 g/mol. The first-order chi connectivity index (χ1) is 18.0. The maximum absolute atomic E-state index is 13.1. The molecule has 1 atom stereocenters. The molecule has 3 aromatic carbocycles. The van der Waals surface area contributed by atoms with Crippen LogP contribution in [0.4, 0.5) is 11.5 Å². The van der Waals surface area contributed by atoms with Crippen LogP contribution in [0, 0.1) is 25.2 Å². The summed E-state index contributed by atoms with van der Waals surface area (Å²) in [7, 11) is 0. The fourth-order valence-corrected chi connectivity index (χ4v) is 4.71. The van der Waals surface area contributed by atoms with Gasteiger partial charge in [-0.15, -0.1) is 0 Å². The summed E-state index contributed by atoms with van der Waals surface area (Å²) in [5.74, 6) is -1.22. The number of hydrogen-bond donors (Lipinski definition) is 0. The fourth-order valence-electron chi connectivity index (χ4n) is 4.71. The van der Waals surface area contributed by atoms with E-state index in [1.807, 2.05) is 54.6 Å². The molecule has 7 nitrogen and oxygen atoms in total. The SMILES string of the molecule is Cc1cccc(N2CCN(c3nc4ccccc4nc3[C@H](C#N)C(=O)OCc3ccccc3)CC2)c1C. The zero-order valence-corrected chi connectivity index (χ0v) is 21.1. The summed E-state index contributed by atoms with van der Waals surface area (Å²) in [5.41, 5.74) is 6.38. The summed E-state index contributed by atoms with van der Waals surface area (Å²) in [5, 5.41) is 10.0. The van der Waals surface area contributed by atoms with Gasteiger partial charge in [-0.05, 0) is 48.7 Å². The van der Waals surface area contributed by atoms with Crippen molar-refractivity contribution in [2.75, 3.05) is 36.0 Å². The molecule has 0 unspecified atom stereocenters. The lowest BCUT2D eigenvalue weighted by Crippen LogP contribution is -2.47. The highest BCUT2D eigenvalue weighted by Crippen LogP contribution is 2.30. The molecule has 0 bridgehead atoms. The van der Waals surface area contributed by atoms with E-state index in [-0.39, 0.29) is 6.61 Å². The van der Waals surface area contributed by atoms with Crippen LogP contribution in [-0.2, 0) is 16.1 Å². The summed E-state index contributed by atoms with van der Waals surface area (Å²) >= 11 is 0. The standard InChI is InChI=1S/C30H29N5O2/c1-21-9-8-14-27(22(21)2)34-15-17-35(18-16-34)29-28(32-25-12-6-7-13-26(25)33-29)24(19-31)30(36)37-20-23-10-4-3-5-11-23/h3-14,24H,15-18,20H2,1-2H3/t24-/m0/s1. The van der Waals surface area contributed by atoms with Gasteiger partial charge in [-0.2, -0.15) is 5.26 Å². The van der Waals surface area contributed by atoms with Crippen LogP contribution in [0.2, 0.25) is 0 Å². The quantitative estimate of drug-likeness (QED) is 0.354. The van der Waals surface area contributed by atoms with Gasteiger partial charge in [0, 0.05) is 31.9 Å². The maximum Gasteiger partial charge on any atom is 0.330 e. The van der Waals surface area contributed by atoms with Crippen LogP contribution in [-0.4, -0.2) is 42.1 Å². The van der Waals surface area contributed by atoms with Crippen LogP contribution in [0.1, 0.15) is 28.3 Å². The second-order valence-corrected chi connectivity index (χ2v) is 9.27. The van der Waals surface area contributed by atoms with Gasteiger partial charge >= 0.3 is 5.97 Å². The van der Waals surface area contributed by atoms with Crippen molar-refractivity contribution in [1.29, 1.82) is 5.26 Å². The molecule has 0 N–H and O–H groups in total. The van der Waals surface area contributed by atoms with Crippen LogP contribution in [0.25, 0.3) is 11.0 Å². The second kappa shape index (κ2) is 10.7. The van der Waals surface area contributed by atoms with Crippen molar-refractivity contribution in [2.45, 2.75) is 26.4 Å². The van der Waals surface area contributed by atoms with Crippen LogP contribution in [0.15, 0.2) is 72.8 Å². The topological polar surface area (TPSA) is 82.4 Å². The molecule has 5 rings (SSSR count). The Hall–Kier alpha value is -4.44. The maximum atomic E-state index is 13.1. The molecule has 7 heteroatoms. The van der Waals surface area contributed by atoms with E-state index in [0.29, 0.717) is 30.1 Å².